The van der Waals surface area contributed by atoms with E-state index in [-0.39, 0.29) is 0 Å². The molecule has 0 amide bonds. The molecule has 2 saturated heterocycles. The molecule has 6 heteroatoms. The number of hydrazine groups is 1. The molecule has 2 aromatic carbocycles. The van der Waals surface area contributed by atoms with Crippen LogP contribution in [-0.2, 0) is 11.3 Å². The predicted octanol–water partition coefficient (Wildman–Crippen LogP) is 2.87. The third-order valence-corrected chi connectivity index (χ3v) is 6.32. The van der Waals surface area contributed by atoms with Gasteiger partial charge in [-0.15, -0.1) is 0 Å². The Bertz CT molecular complexity index is 812. The standard InChI is InChI=1S/C24H31N3O3/c28-24(29)20-10-8-19(9-11-20)22-15-25-26-23(22)21-7-4-12-27(16-21)13-14-30-17-18-5-2-1-3-6-18/h1-3,5-6,8-11,21-23,25-26H,4,7,12-17H2,(H,28,29). The SMILES string of the molecule is O=C(O)c1ccc(C2CNNC2C2CCCN(CCOCc3ccccc3)C2)cc1. The fraction of sp³-hybridized carbons (Fsp3) is 0.458. The van der Waals surface area contributed by atoms with Crippen LogP contribution in [0, 0.1) is 5.92 Å². The highest BCUT2D eigenvalue weighted by molar-refractivity contribution is 5.87. The van der Waals surface area contributed by atoms with Crippen LogP contribution in [0.5, 0.6) is 0 Å². The Labute approximate surface area is 178 Å². The van der Waals surface area contributed by atoms with Gasteiger partial charge < -0.3 is 14.7 Å². The van der Waals surface area contributed by atoms with Gasteiger partial charge in [0.05, 0.1) is 18.8 Å². The average molecular weight is 410 g/mol. The van der Waals surface area contributed by atoms with E-state index < -0.39 is 5.97 Å². The van der Waals surface area contributed by atoms with Crippen LogP contribution < -0.4 is 10.9 Å². The second-order valence-electron chi connectivity index (χ2n) is 8.33. The Morgan fingerprint density at radius 2 is 1.93 bits per heavy atom. The number of hydrogen-bond donors (Lipinski definition) is 3. The second kappa shape index (κ2) is 10.2. The van der Waals surface area contributed by atoms with Gasteiger partial charge in [-0.3, -0.25) is 10.9 Å². The minimum Gasteiger partial charge on any atom is -0.478 e. The van der Waals surface area contributed by atoms with E-state index in [1.807, 2.05) is 30.3 Å². The molecule has 2 aliphatic heterocycles. The summed E-state index contributed by atoms with van der Waals surface area (Å²) in [6.45, 7) is 5.44. The zero-order valence-corrected chi connectivity index (χ0v) is 17.3. The first-order valence-electron chi connectivity index (χ1n) is 10.9. The normalized spacial score (nSPS) is 24.7. The first kappa shape index (κ1) is 21.0. The summed E-state index contributed by atoms with van der Waals surface area (Å²) >= 11 is 0. The lowest BCUT2D eigenvalue weighted by Gasteiger charge is -2.37. The van der Waals surface area contributed by atoms with Crippen molar-refractivity contribution >= 4 is 5.97 Å². The maximum Gasteiger partial charge on any atom is 0.335 e. The zero-order valence-electron chi connectivity index (χ0n) is 17.3. The van der Waals surface area contributed by atoms with E-state index in [2.05, 4.69) is 27.9 Å². The summed E-state index contributed by atoms with van der Waals surface area (Å²) in [6, 6.07) is 18.0. The van der Waals surface area contributed by atoms with Crippen molar-refractivity contribution in [3.8, 4) is 0 Å². The molecule has 0 aromatic heterocycles. The minimum atomic E-state index is -0.877. The van der Waals surface area contributed by atoms with Gasteiger partial charge in [0.1, 0.15) is 0 Å². The van der Waals surface area contributed by atoms with Gasteiger partial charge in [-0.2, -0.15) is 0 Å². The number of nitrogens with zero attached hydrogens (tertiary/aromatic N) is 1. The van der Waals surface area contributed by atoms with Crippen molar-refractivity contribution in [1.82, 2.24) is 15.8 Å². The number of carboxylic acids is 1. The first-order chi connectivity index (χ1) is 14.7. The molecule has 3 unspecified atom stereocenters. The van der Waals surface area contributed by atoms with Gasteiger partial charge in [-0.25, -0.2) is 4.79 Å². The molecule has 0 spiro atoms. The number of likely N-dealkylation sites (tertiary alicyclic amines) is 1. The van der Waals surface area contributed by atoms with Gasteiger partial charge in [-0.05, 0) is 48.6 Å². The Kier molecular flexibility index (Phi) is 7.12. The summed E-state index contributed by atoms with van der Waals surface area (Å²) < 4.78 is 5.89. The quantitative estimate of drug-likeness (QED) is 0.582. The lowest BCUT2D eigenvalue weighted by Crippen LogP contribution is -2.47. The van der Waals surface area contributed by atoms with Crippen molar-refractivity contribution in [1.29, 1.82) is 0 Å². The summed E-state index contributed by atoms with van der Waals surface area (Å²) in [4.78, 5) is 13.6. The van der Waals surface area contributed by atoms with E-state index in [1.54, 1.807) is 12.1 Å². The first-order valence-corrected chi connectivity index (χ1v) is 10.9. The number of aromatic carboxylic acids is 1. The van der Waals surface area contributed by atoms with Crippen LogP contribution in [0.4, 0.5) is 0 Å². The van der Waals surface area contributed by atoms with Crippen LogP contribution in [0.3, 0.4) is 0 Å². The Morgan fingerprint density at radius 1 is 1.13 bits per heavy atom. The Morgan fingerprint density at radius 3 is 2.70 bits per heavy atom. The summed E-state index contributed by atoms with van der Waals surface area (Å²) in [5.74, 6) is 0.0392. The third kappa shape index (κ3) is 5.26. The van der Waals surface area contributed by atoms with E-state index in [4.69, 9.17) is 9.84 Å². The molecule has 0 bridgehead atoms. The molecule has 0 saturated carbocycles. The topological polar surface area (TPSA) is 73.8 Å². The number of rotatable bonds is 8. The lowest BCUT2D eigenvalue weighted by atomic mass is 9.81. The van der Waals surface area contributed by atoms with Gasteiger partial charge in [0, 0.05) is 31.6 Å². The molecular weight excluding hydrogens is 378 g/mol. The van der Waals surface area contributed by atoms with Crippen LogP contribution >= 0.6 is 0 Å². The Balaban J connectivity index is 1.29. The summed E-state index contributed by atoms with van der Waals surface area (Å²) in [6.07, 6.45) is 2.41. The van der Waals surface area contributed by atoms with Crippen LogP contribution in [0.1, 0.15) is 40.2 Å². The van der Waals surface area contributed by atoms with Crippen molar-refractivity contribution < 1.29 is 14.6 Å². The molecule has 3 N–H and O–H groups in total. The maximum absolute atomic E-state index is 11.1. The molecular formula is C24H31N3O3. The highest BCUT2D eigenvalue weighted by Crippen LogP contribution is 2.31. The Hall–Kier alpha value is -2.25. The van der Waals surface area contributed by atoms with Gasteiger partial charge in [0.15, 0.2) is 0 Å². The number of benzene rings is 2. The highest BCUT2D eigenvalue weighted by atomic mass is 16.5. The number of hydrogen-bond acceptors (Lipinski definition) is 5. The minimum absolute atomic E-state index is 0.341. The molecule has 160 valence electrons. The van der Waals surface area contributed by atoms with Crippen molar-refractivity contribution in [3.05, 3.63) is 71.3 Å². The zero-order chi connectivity index (χ0) is 20.8. The fourth-order valence-corrected chi connectivity index (χ4v) is 4.70. The van der Waals surface area contributed by atoms with Gasteiger partial charge in [0.25, 0.3) is 0 Å². The second-order valence-corrected chi connectivity index (χ2v) is 8.33. The summed E-state index contributed by atoms with van der Waals surface area (Å²) in [5, 5.41) is 9.14. The van der Waals surface area contributed by atoms with Crippen LogP contribution in [0.2, 0.25) is 0 Å². The largest absolute Gasteiger partial charge is 0.478 e. The average Bonchev–Trinajstić information content (AvgIpc) is 3.28. The number of carboxylic acid groups (broad SMARTS) is 1. The molecule has 3 atom stereocenters. The third-order valence-electron chi connectivity index (χ3n) is 6.32. The highest BCUT2D eigenvalue weighted by Gasteiger charge is 2.36. The molecule has 30 heavy (non-hydrogen) atoms. The molecule has 6 nitrogen and oxygen atoms in total. The van der Waals surface area contributed by atoms with Crippen molar-refractivity contribution in [2.45, 2.75) is 31.4 Å². The number of carbonyl (C=O) groups is 1. The van der Waals surface area contributed by atoms with E-state index in [0.717, 1.165) is 32.8 Å². The van der Waals surface area contributed by atoms with Crippen LogP contribution in [0.25, 0.3) is 0 Å². The van der Waals surface area contributed by atoms with E-state index in [1.165, 1.54) is 24.0 Å². The molecule has 0 radical (unpaired) electrons. The fourth-order valence-electron chi connectivity index (χ4n) is 4.70. The van der Waals surface area contributed by atoms with E-state index in [0.29, 0.717) is 30.0 Å². The summed E-state index contributed by atoms with van der Waals surface area (Å²) in [7, 11) is 0. The van der Waals surface area contributed by atoms with Crippen LogP contribution in [-0.4, -0.2) is 54.8 Å². The summed E-state index contributed by atoms with van der Waals surface area (Å²) in [5.41, 5.74) is 9.58. The van der Waals surface area contributed by atoms with E-state index in [9.17, 15) is 4.79 Å². The van der Waals surface area contributed by atoms with Crippen molar-refractivity contribution in [2.75, 3.05) is 32.8 Å². The smallest absolute Gasteiger partial charge is 0.335 e. The lowest BCUT2D eigenvalue weighted by molar-refractivity contribution is 0.0695. The number of piperidine rings is 1. The van der Waals surface area contributed by atoms with Crippen molar-refractivity contribution in [2.24, 2.45) is 5.92 Å². The van der Waals surface area contributed by atoms with Gasteiger partial charge in [0.2, 0.25) is 0 Å². The predicted molar refractivity (Wildman–Crippen MR) is 116 cm³/mol. The van der Waals surface area contributed by atoms with Gasteiger partial charge in [-0.1, -0.05) is 42.5 Å². The van der Waals surface area contributed by atoms with Crippen molar-refractivity contribution in [3.63, 3.8) is 0 Å². The number of ether oxygens (including phenoxy) is 1. The number of nitrogens with one attached hydrogen (secondary N) is 2. The molecule has 0 aliphatic carbocycles. The molecule has 2 heterocycles. The molecule has 2 fully saturated rings. The monoisotopic (exact) mass is 409 g/mol. The van der Waals surface area contributed by atoms with Gasteiger partial charge >= 0.3 is 5.97 Å². The molecule has 2 aromatic rings. The molecule has 2 aliphatic rings. The van der Waals surface area contributed by atoms with Crippen LogP contribution in [0.15, 0.2) is 54.6 Å². The maximum atomic E-state index is 11.1. The molecule has 4 rings (SSSR count). The van der Waals surface area contributed by atoms with E-state index >= 15 is 0 Å².